The molecular formula is C6H9NO6. The summed E-state index contributed by atoms with van der Waals surface area (Å²) in [5.41, 5.74) is -2.92. The summed E-state index contributed by atoms with van der Waals surface area (Å²) in [6.45, 7) is 0. The molecule has 1 rings (SSSR count). The van der Waals surface area contributed by atoms with E-state index in [4.69, 9.17) is 15.4 Å². The smallest absolute Gasteiger partial charge is 0.362 e. The number of rotatable bonds is 1. The number of hydrogen-bond acceptors (Lipinski definition) is 5. The van der Waals surface area contributed by atoms with Crippen LogP contribution in [0.5, 0.6) is 0 Å². The van der Waals surface area contributed by atoms with Crippen LogP contribution < -0.4 is 0 Å². The Labute approximate surface area is 72.8 Å². The molecule has 0 bridgehead atoms. The fourth-order valence-corrected chi connectivity index (χ4v) is 1.13. The Morgan fingerprint density at radius 3 is 2.54 bits per heavy atom. The van der Waals surface area contributed by atoms with Gasteiger partial charge in [-0.1, -0.05) is 0 Å². The minimum absolute atomic E-state index is 0.196. The fourth-order valence-electron chi connectivity index (χ4n) is 1.13. The minimum Gasteiger partial charge on any atom is -0.478 e. The number of nitrogens with zero attached hydrogens (tertiary/aromatic N) is 1. The quantitative estimate of drug-likeness (QED) is 0.361. The number of carboxylic acid groups (broad SMARTS) is 1. The highest BCUT2D eigenvalue weighted by Crippen LogP contribution is 2.25. The predicted octanol–water partition coefficient (Wildman–Crippen LogP) is -1.87. The van der Waals surface area contributed by atoms with Crippen LogP contribution in [-0.4, -0.2) is 49.3 Å². The van der Waals surface area contributed by atoms with E-state index in [0.29, 0.717) is 0 Å². The first-order valence-electron chi connectivity index (χ1n) is 3.56. The summed E-state index contributed by atoms with van der Waals surface area (Å²) in [4.78, 5) is 21.3. The molecule has 1 heterocycles. The second kappa shape index (κ2) is 2.95. The Morgan fingerprint density at radius 1 is 1.62 bits per heavy atom. The monoisotopic (exact) mass is 191 g/mol. The molecule has 74 valence electrons. The van der Waals surface area contributed by atoms with Gasteiger partial charge in [-0.15, -0.1) is 0 Å². The lowest BCUT2D eigenvalue weighted by Crippen LogP contribution is -2.65. The van der Waals surface area contributed by atoms with Crippen LogP contribution in [0.3, 0.4) is 0 Å². The summed E-state index contributed by atoms with van der Waals surface area (Å²) in [6, 6.07) is 0. The Balaban J connectivity index is 3.02. The first-order chi connectivity index (χ1) is 5.90. The Morgan fingerprint density at radius 2 is 2.15 bits per heavy atom. The van der Waals surface area contributed by atoms with Gasteiger partial charge in [-0.05, 0) is 6.42 Å². The highest BCUT2D eigenvalue weighted by atomic mass is 16.6. The number of carboxylic acids is 1. The van der Waals surface area contributed by atoms with Gasteiger partial charge >= 0.3 is 5.97 Å². The lowest BCUT2D eigenvalue weighted by Gasteiger charge is -2.38. The molecule has 0 aromatic carbocycles. The highest BCUT2D eigenvalue weighted by molar-refractivity contribution is 5.86. The molecule has 2 unspecified atom stereocenters. The molecular weight excluding hydrogens is 182 g/mol. The zero-order valence-corrected chi connectivity index (χ0v) is 6.54. The molecule has 0 aliphatic carbocycles. The summed E-state index contributed by atoms with van der Waals surface area (Å²) in [5.74, 6) is -2.80. The van der Waals surface area contributed by atoms with Crippen molar-refractivity contribution in [3.8, 4) is 0 Å². The van der Waals surface area contributed by atoms with Crippen molar-refractivity contribution in [3.63, 3.8) is 0 Å². The van der Waals surface area contributed by atoms with E-state index in [2.05, 4.69) is 0 Å². The Kier molecular flexibility index (Phi) is 2.24. The number of piperidine rings is 1. The van der Waals surface area contributed by atoms with Crippen LogP contribution in [0, 0.1) is 0 Å². The number of carbonyl (C=O) groups excluding carboxylic acids is 1. The molecule has 0 aromatic rings. The summed E-state index contributed by atoms with van der Waals surface area (Å²) < 4.78 is 0. The van der Waals surface area contributed by atoms with Crippen LogP contribution in [0.1, 0.15) is 12.8 Å². The van der Waals surface area contributed by atoms with E-state index < -0.39 is 23.7 Å². The standard InChI is InChI=1S/C6H9NO6/c8-3-1-2-4(9)7(13)6(3,12)5(10)11/h3,8,12-13H,1-2H2,(H,10,11). The SMILES string of the molecule is O=C1CCC(O)C(O)(C(=O)O)N1O. The van der Waals surface area contributed by atoms with E-state index in [1.165, 1.54) is 0 Å². The van der Waals surface area contributed by atoms with Crippen LogP contribution in [0.15, 0.2) is 0 Å². The molecule has 1 aliphatic heterocycles. The molecule has 1 fully saturated rings. The molecule has 0 radical (unpaired) electrons. The minimum atomic E-state index is -2.92. The molecule has 1 amide bonds. The van der Waals surface area contributed by atoms with Gasteiger partial charge in [-0.25, -0.2) is 4.79 Å². The average Bonchev–Trinajstić information content (AvgIpc) is 2.08. The number of amides is 1. The van der Waals surface area contributed by atoms with Crippen molar-refractivity contribution in [3.05, 3.63) is 0 Å². The number of hydroxylamine groups is 2. The molecule has 7 nitrogen and oxygen atoms in total. The molecule has 0 saturated carbocycles. The first-order valence-corrected chi connectivity index (χ1v) is 3.56. The first kappa shape index (κ1) is 9.90. The van der Waals surface area contributed by atoms with Crippen LogP contribution in [0.4, 0.5) is 0 Å². The van der Waals surface area contributed by atoms with Crippen molar-refractivity contribution in [2.45, 2.75) is 24.7 Å². The molecule has 13 heavy (non-hydrogen) atoms. The van der Waals surface area contributed by atoms with E-state index in [9.17, 15) is 14.7 Å². The van der Waals surface area contributed by atoms with Gasteiger partial charge in [0.25, 0.3) is 5.72 Å². The zero-order valence-electron chi connectivity index (χ0n) is 6.54. The molecule has 1 saturated heterocycles. The average molecular weight is 191 g/mol. The summed E-state index contributed by atoms with van der Waals surface area (Å²) >= 11 is 0. The van der Waals surface area contributed by atoms with Crippen LogP contribution >= 0.6 is 0 Å². The fraction of sp³-hybridized carbons (Fsp3) is 0.667. The molecule has 4 N–H and O–H groups in total. The van der Waals surface area contributed by atoms with Crippen molar-refractivity contribution in [2.24, 2.45) is 0 Å². The normalized spacial score (nSPS) is 34.8. The zero-order chi connectivity index (χ0) is 10.2. The molecule has 0 aromatic heterocycles. The topological polar surface area (TPSA) is 118 Å². The predicted molar refractivity (Wildman–Crippen MR) is 36.5 cm³/mol. The van der Waals surface area contributed by atoms with Gasteiger partial charge in [-0.2, -0.15) is 5.06 Å². The van der Waals surface area contributed by atoms with E-state index in [0.717, 1.165) is 0 Å². The third-order valence-corrected chi connectivity index (χ3v) is 1.97. The third-order valence-electron chi connectivity index (χ3n) is 1.97. The lowest BCUT2D eigenvalue weighted by molar-refractivity contribution is -0.288. The third kappa shape index (κ3) is 1.26. The van der Waals surface area contributed by atoms with E-state index in [-0.39, 0.29) is 17.9 Å². The Hall–Kier alpha value is -1.18. The van der Waals surface area contributed by atoms with Gasteiger partial charge in [-0.3, -0.25) is 10.0 Å². The number of aliphatic hydroxyl groups is 2. The molecule has 7 heteroatoms. The van der Waals surface area contributed by atoms with Crippen LogP contribution in [0.2, 0.25) is 0 Å². The number of hydrogen-bond donors (Lipinski definition) is 4. The van der Waals surface area contributed by atoms with E-state index in [1.807, 2.05) is 0 Å². The van der Waals surface area contributed by atoms with Gasteiger partial charge in [0.1, 0.15) is 6.10 Å². The second-order valence-electron chi connectivity index (χ2n) is 2.79. The molecule has 2 atom stereocenters. The van der Waals surface area contributed by atoms with Crippen molar-refractivity contribution < 1.29 is 30.1 Å². The van der Waals surface area contributed by atoms with Gasteiger partial charge in [0.15, 0.2) is 0 Å². The summed E-state index contributed by atoms with van der Waals surface area (Å²) in [5, 5.41) is 35.4. The van der Waals surface area contributed by atoms with Gasteiger partial charge in [0.05, 0.1) is 0 Å². The maximum atomic E-state index is 10.8. The van der Waals surface area contributed by atoms with Crippen LogP contribution in [-0.2, 0) is 9.59 Å². The van der Waals surface area contributed by atoms with Crippen LogP contribution in [0.25, 0.3) is 0 Å². The molecule has 1 aliphatic rings. The number of aliphatic hydroxyl groups excluding tert-OH is 1. The maximum Gasteiger partial charge on any atom is 0.362 e. The number of aliphatic carboxylic acids is 1. The van der Waals surface area contributed by atoms with Gasteiger partial charge in [0.2, 0.25) is 5.91 Å². The van der Waals surface area contributed by atoms with Crippen molar-refractivity contribution in [2.75, 3.05) is 0 Å². The van der Waals surface area contributed by atoms with Crippen molar-refractivity contribution in [1.29, 1.82) is 0 Å². The largest absolute Gasteiger partial charge is 0.478 e. The van der Waals surface area contributed by atoms with Gasteiger partial charge < -0.3 is 15.3 Å². The molecule has 0 spiro atoms. The number of carbonyl (C=O) groups is 2. The Bertz CT molecular complexity index is 254. The second-order valence-corrected chi connectivity index (χ2v) is 2.79. The van der Waals surface area contributed by atoms with Gasteiger partial charge in [0, 0.05) is 6.42 Å². The summed E-state index contributed by atoms with van der Waals surface area (Å²) in [6.07, 6.45) is -2.08. The summed E-state index contributed by atoms with van der Waals surface area (Å²) in [7, 11) is 0. The maximum absolute atomic E-state index is 10.8. The lowest BCUT2D eigenvalue weighted by atomic mass is 9.96. The van der Waals surface area contributed by atoms with Crippen molar-refractivity contribution in [1.82, 2.24) is 5.06 Å². The van der Waals surface area contributed by atoms with Crippen molar-refractivity contribution >= 4 is 11.9 Å². The van der Waals surface area contributed by atoms with E-state index in [1.54, 1.807) is 0 Å². The van der Waals surface area contributed by atoms with E-state index >= 15 is 0 Å². The highest BCUT2D eigenvalue weighted by Gasteiger charge is 2.54.